The maximum Gasteiger partial charge on any atom is 0.260 e. The maximum absolute atomic E-state index is 15.1. The van der Waals surface area contributed by atoms with Crippen LogP contribution in [-0.4, -0.2) is 83.0 Å². The first-order chi connectivity index (χ1) is 18.9. The van der Waals surface area contributed by atoms with E-state index >= 15 is 4.39 Å². The molecule has 218 valence electrons. The summed E-state index contributed by atoms with van der Waals surface area (Å²) in [5.41, 5.74) is 5.57. The molecule has 11 heteroatoms. The number of alkyl halides is 1. The zero-order valence-corrected chi connectivity index (χ0v) is 24.5. The van der Waals surface area contributed by atoms with Crippen LogP contribution in [0.1, 0.15) is 65.4 Å². The molecule has 10 nitrogen and oxygen atoms in total. The van der Waals surface area contributed by atoms with Crippen LogP contribution in [0.2, 0.25) is 0 Å². The van der Waals surface area contributed by atoms with E-state index in [1.165, 1.54) is 4.90 Å². The summed E-state index contributed by atoms with van der Waals surface area (Å²) in [6.07, 6.45) is 9.41. The van der Waals surface area contributed by atoms with Crippen molar-refractivity contribution >= 4 is 29.8 Å². The Hall–Kier alpha value is -3.34. The number of pyridine rings is 1. The summed E-state index contributed by atoms with van der Waals surface area (Å²) in [6, 6.07) is 3.68. The molecular formula is C28H47FN8O2. The lowest BCUT2D eigenvalue weighted by atomic mass is 9.91. The van der Waals surface area contributed by atoms with Gasteiger partial charge in [-0.05, 0) is 31.4 Å². The minimum Gasteiger partial charge on any atom is -0.385 e. The van der Waals surface area contributed by atoms with Gasteiger partial charge in [-0.15, -0.1) is 0 Å². The van der Waals surface area contributed by atoms with E-state index in [9.17, 15) is 9.59 Å². The van der Waals surface area contributed by atoms with Gasteiger partial charge in [-0.1, -0.05) is 27.7 Å². The molecule has 39 heavy (non-hydrogen) atoms. The molecule has 2 aliphatic rings. The van der Waals surface area contributed by atoms with Crippen LogP contribution in [0, 0.1) is 0 Å². The highest BCUT2D eigenvalue weighted by molar-refractivity contribution is 5.85. The van der Waals surface area contributed by atoms with Gasteiger partial charge in [0.05, 0.1) is 5.69 Å². The fourth-order valence-corrected chi connectivity index (χ4v) is 4.29. The van der Waals surface area contributed by atoms with Crippen molar-refractivity contribution in [1.29, 1.82) is 0 Å². The molecular weight excluding hydrogens is 499 g/mol. The molecule has 2 saturated heterocycles. The number of nitrogens with two attached hydrogens (primary N) is 1. The van der Waals surface area contributed by atoms with Gasteiger partial charge in [0.15, 0.2) is 11.5 Å². The van der Waals surface area contributed by atoms with Gasteiger partial charge in [0.2, 0.25) is 12.4 Å². The molecule has 2 aromatic rings. The molecule has 2 amide bonds. The number of rotatable bonds is 6. The predicted molar refractivity (Wildman–Crippen MR) is 156 cm³/mol. The average Bonchev–Trinajstić information content (AvgIpc) is 3.01. The Morgan fingerprint density at radius 1 is 1.08 bits per heavy atom. The second kappa shape index (κ2) is 18.0. The van der Waals surface area contributed by atoms with Crippen molar-refractivity contribution < 1.29 is 14.0 Å². The van der Waals surface area contributed by atoms with Crippen molar-refractivity contribution in [2.45, 2.75) is 72.0 Å². The smallest absolute Gasteiger partial charge is 0.260 e. The van der Waals surface area contributed by atoms with Gasteiger partial charge in [-0.2, -0.15) is 0 Å². The molecule has 4 heterocycles. The highest BCUT2D eigenvalue weighted by Crippen LogP contribution is 2.30. The number of anilines is 3. The number of nitrogen functional groups attached to an aromatic ring is 1. The number of hydrogen-bond acceptors (Lipinski definition) is 8. The van der Waals surface area contributed by atoms with Crippen molar-refractivity contribution in [2.24, 2.45) is 0 Å². The third-order valence-electron chi connectivity index (χ3n) is 6.35. The zero-order chi connectivity index (χ0) is 29.3. The highest BCUT2D eigenvalue weighted by atomic mass is 19.1. The number of carbonyl (C=O) groups is 2. The molecule has 0 bridgehead atoms. The Kier molecular flexibility index (Phi) is 15.6. The fraction of sp³-hybridized carbons (Fsp3) is 0.607. The summed E-state index contributed by atoms with van der Waals surface area (Å²) >= 11 is 0. The summed E-state index contributed by atoms with van der Waals surface area (Å²) in [4.78, 5) is 40.2. The zero-order valence-electron chi connectivity index (χ0n) is 24.5. The van der Waals surface area contributed by atoms with E-state index in [0.717, 1.165) is 36.9 Å². The van der Waals surface area contributed by atoms with Crippen LogP contribution >= 0.6 is 0 Å². The first-order valence-corrected chi connectivity index (χ1v) is 13.9. The van der Waals surface area contributed by atoms with Gasteiger partial charge >= 0.3 is 0 Å². The molecule has 4 rings (SSSR count). The third-order valence-corrected chi connectivity index (χ3v) is 6.35. The van der Waals surface area contributed by atoms with Crippen molar-refractivity contribution in [3.63, 3.8) is 0 Å². The molecule has 0 radical (unpaired) electrons. The Labute approximate surface area is 233 Å². The second-order valence-corrected chi connectivity index (χ2v) is 8.88. The molecule has 3 N–H and O–H groups in total. The lowest BCUT2D eigenvalue weighted by Crippen LogP contribution is -2.53. The van der Waals surface area contributed by atoms with Gasteiger partial charge in [0, 0.05) is 83.8 Å². The third kappa shape index (κ3) is 10.4. The summed E-state index contributed by atoms with van der Waals surface area (Å²) in [7, 11) is 3.45. The van der Waals surface area contributed by atoms with Crippen LogP contribution in [0.4, 0.5) is 21.8 Å². The van der Waals surface area contributed by atoms with Gasteiger partial charge in [-0.25, -0.2) is 19.3 Å². The topological polar surface area (TPSA) is 121 Å². The Balaban J connectivity index is 0.000000402. The van der Waals surface area contributed by atoms with E-state index in [1.807, 2.05) is 39.8 Å². The number of nitrogens with one attached hydrogen (secondary N) is 1. The fourth-order valence-electron chi connectivity index (χ4n) is 4.29. The van der Waals surface area contributed by atoms with Crippen LogP contribution < -0.4 is 16.0 Å². The molecule has 2 fully saturated rings. The molecule has 2 aliphatic heterocycles. The van der Waals surface area contributed by atoms with Gasteiger partial charge in [-0.3, -0.25) is 14.5 Å². The predicted octanol–water partition coefficient (Wildman–Crippen LogP) is 4.14. The van der Waals surface area contributed by atoms with E-state index < -0.39 is 5.67 Å². The normalized spacial score (nSPS) is 16.1. The summed E-state index contributed by atoms with van der Waals surface area (Å²) in [6.45, 7) is 11.2. The van der Waals surface area contributed by atoms with Crippen LogP contribution in [0.15, 0.2) is 30.7 Å². The number of aromatic nitrogens is 3. The summed E-state index contributed by atoms with van der Waals surface area (Å²) in [5, 5.41) is 2.95. The van der Waals surface area contributed by atoms with Crippen molar-refractivity contribution in [3.8, 4) is 0 Å². The number of nitrogens with zero attached hydrogens (tertiary/aromatic N) is 6. The van der Waals surface area contributed by atoms with Crippen LogP contribution in [0.3, 0.4) is 0 Å². The molecule has 0 spiro atoms. The lowest BCUT2D eigenvalue weighted by Gasteiger charge is -2.39. The molecule has 0 aromatic carbocycles. The standard InChI is InChI=1S/C16H24FN5O.C8H11N3O.2C2H6/c17-16(14(23)22-6-2-1-3-7-22)4-8-21(9-5-16)12-13-10-19-15(18)20-11-13;1-9-7-4-3-5-10-8(7)11(2)6-12;2*1-2/h10-11H,1-9,12H2,(H2,18,19,20);3-6,9H,1-2H3;2*1-2H3. The van der Waals surface area contributed by atoms with Crippen molar-refractivity contribution in [1.82, 2.24) is 24.8 Å². The summed E-state index contributed by atoms with van der Waals surface area (Å²) in [5.74, 6) is 0.588. The minimum absolute atomic E-state index is 0.252. The monoisotopic (exact) mass is 546 g/mol. The van der Waals surface area contributed by atoms with E-state index in [4.69, 9.17) is 5.73 Å². The average molecular weight is 547 g/mol. The Morgan fingerprint density at radius 3 is 2.21 bits per heavy atom. The molecule has 2 aromatic heterocycles. The molecule has 0 atom stereocenters. The van der Waals surface area contributed by atoms with E-state index in [-0.39, 0.29) is 24.7 Å². The Bertz CT molecular complexity index is 962. The Morgan fingerprint density at radius 2 is 1.67 bits per heavy atom. The lowest BCUT2D eigenvalue weighted by molar-refractivity contribution is -0.148. The van der Waals surface area contributed by atoms with Crippen LogP contribution in [-0.2, 0) is 16.1 Å². The quantitative estimate of drug-likeness (QED) is 0.519. The first kappa shape index (κ1) is 33.7. The SMILES string of the molecule is CC.CC.CNc1cccnc1N(C)C=O.Nc1ncc(CN2CCC(F)(C(=O)N3CCCCC3)CC2)cn1. The van der Waals surface area contributed by atoms with E-state index in [1.54, 1.807) is 37.6 Å². The number of amides is 2. The van der Waals surface area contributed by atoms with Crippen molar-refractivity contribution in [3.05, 3.63) is 36.3 Å². The van der Waals surface area contributed by atoms with Gasteiger partial charge < -0.3 is 20.9 Å². The van der Waals surface area contributed by atoms with E-state index in [2.05, 4.69) is 25.2 Å². The molecule has 0 aliphatic carbocycles. The second-order valence-electron chi connectivity index (χ2n) is 8.88. The number of halogens is 1. The number of likely N-dealkylation sites (tertiary alicyclic amines) is 2. The molecule has 0 unspecified atom stereocenters. The van der Waals surface area contributed by atoms with E-state index in [0.29, 0.717) is 38.5 Å². The van der Waals surface area contributed by atoms with Crippen LogP contribution in [0.25, 0.3) is 0 Å². The van der Waals surface area contributed by atoms with Crippen LogP contribution in [0.5, 0.6) is 0 Å². The van der Waals surface area contributed by atoms with Gasteiger partial charge in [0.1, 0.15) is 0 Å². The first-order valence-electron chi connectivity index (χ1n) is 13.9. The maximum atomic E-state index is 15.1. The number of piperidine rings is 2. The minimum atomic E-state index is -1.69. The summed E-state index contributed by atoms with van der Waals surface area (Å²) < 4.78 is 15.1. The van der Waals surface area contributed by atoms with Gasteiger partial charge in [0.25, 0.3) is 5.91 Å². The number of carbonyl (C=O) groups excluding carboxylic acids is 2. The van der Waals surface area contributed by atoms with Crippen molar-refractivity contribution in [2.75, 3.05) is 56.2 Å². The number of hydrogen-bond donors (Lipinski definition) is 2. The molecule has 0 saturated carbocycles. The highest BCUT2D eigenvalue weighted by Gasteiger charge is 2.44. The largest absolute Gasteiger partial charge is 0.385 e.